The van der Waals surface area contributed by atoms with Gasteiger partial charge in [-0.2, -0.15) is 6.76 Å². The van der Waals surface area contributed by atoms with Crippen molar-refractivity contribution in [1.82, 2.24) is 0 Å². The summed E-state index contributed by atoms with van der Waals surface area (Å²) in [4.78, 5) is 0. The van der Waals surface area contributed by atoms with Crippen LogP contribution in [-0.2, 0) is 0 Å². The minimum atomic E-state index is -1.39. The van der Waals surface area contributed by atoms with Crippen LogP contribution in [0.25, 0.3) is 0 Å². The summed E-state index contributed by atoms with van der Waals surface area (Å²) in [6.07, 6.45) is 0. The Bertz CT molecular complexity index is 1030. The lowest BCUT2D eigenvalue weighted by molar-refractivity contribution is 1.75. The number of hydrogen-bond donors (Lipinski definition) is 0. The van der Waals surface area contributed by atoms with Crippen molar-refractivity contribution in [3.8, 4) is 0 Å². The first-order valence-electron chi connectivity index (χ1n) is 9.05. The summed E-state index contributed by atoms with van der Waals surface area (Å²) >= 11 is 0. The van der Waals surface area contributed by atoms with E-state index in [-0.39, 0.29) is 15.1 Å². The predicted molar refractivity (Wildman–Crippen MR) is 144 cm³/mol. The fourth-order valence-corrected chi connectivity index (χ4v) is 8.66. The van der Waals surface area contributed by atoms with Gasteiger partial charge in [0.15, 0.2) is 0 Å². The first-order valence-corrected chi connectivity index (χ1v) is 11.9. The van der Waals surface area contributed by atoms with Crippen LogP contribution >= 0.6 is 13.9 Å². The van der Waals surface area contributed by atoms with Crippen LogP contribution in [0.2, 0.25) is 0 Å². The fourth-order valence-electron chi connectivity index (χ4n) is 3.03. The molecule has 4 heteroatoms. The molecule has 29 heavy (non-hydrogen) atoms. The molecule has 0 unspecified atom stereocenters. The summed E-state index contributed by atoms with van der Waals surface area (Å²) in [5.74, 6) is 0. The third kappa shape index (κ3) is 4.06. The van der Waals surface area contributed by atoms with Crippen molar-refractivity contribution in [3.05, 3.63) is 121 Å². The quantitative estimate of drug-likeness (QED) is 0.350. The molecular weight excluding hydrogens is 384 g/mol. The van der Waals surface area contributed by atoms with Gasteiger partial charge in [-0.25, -0.2) is 0 Å². The minimum Gasteiger partial charge on any atom is -0.169 e. The van der Waals surface area contributed by atoms with Crippen LogP contribution in [0.4, 0.5) is 0 Å². The highest BCUT2D eigenvalue weighted by Gasteiger charge is 2.30. The fraction of sp³-hybridized carbons (Fsp3) is 0. The molecule has 0 spiro atoms. The number of benzene rings is 4. The molecule has 144 valence electrons. The average Bonchev–Trinajstić information content (AvgIpc) is 2.81. The van der Waals surface area contributed by atoms with E-state index >= 15 is 0 Å². The maximum Gasteiger partial charge on any atom is 0.143 e. The van der Waals surface area contributed by atoms with E-state index in [0.717, 1.165) is 0 Å². The second kappa shape index (κ2) is 8.62. The van der Waals surface area contributed by atoms with E-state index in [4.69, 9.17) is 0 Å². The molecule has 0 radical (unpaired) electrons. The van der Waals surface area contributed by atoms with Crippen LogP contribution in [0.15, 0.2) is 121 Å². The van der Waals surface area contributed by atoms with Gasteiger partial charge < -0.3 is 0 Å². The zero-order chi connectivity index (χ0) is 20.2. The SMILES string of the molecule is [BH3-]P(=C[P+]([BH3-])(c1ccccc1)c1ccccc1)(c1ccccc1)c1ccccc1. The van der Waals surface area contributed by atoms with Crippen LogP contribution in [0.3, 0.4) is 0 Å². The smallest absolute Gasteiger partial charge is 0.143 e. The van der Waals surface area contributed by atoms with Crippen LogP contribution in [0.1, 0.15) is 0 Å². The molecule has 0 saturated carbocycles. The summed E-state index contributed by atoms with van der Waals surface area (Å²) < 4.78 is 0. The highest BCUT2D eigenvalue weighted by atomic mass is 31.2. The molecule has 0 aliphatic rings. The maximum absolute atomic E-state index is 2.97. The third-order valence-corrected chi connectivity index (χ3v) is 9.63. The maximum atomic E-state index is 2.97. The second-order valence-electron chi connectivity index (χ2n) is 6.20. The average molecular weight is 411 g/mol. The summed E-state index contributed by atoms with van der Waals surface area (Å²) in [7, 11) is -1.27. The van der Waals surface area contributed by atoms with E-state index in [1.165, 1.54) is 0 Å². The summed E-state index contributed by atoms with van der Waals surface area (Å²) in [5.41, 5.74) is 2.97. The molecule has 0 amide bonds. The van der Waals surface area contributed by atoms with Crippen LogP contribution in [-0.4, -0.2) is 20.7 Å². The van der Waals surface area contributed by atoms with Crippen molar-refractivity contribution in [2.75, 3.05) is 0 Å². The summed E-state index contributed by atoms with van der Waals surface area (Å²) in [5, 5.41) is 6.34. The van der Waals surface area contributed by atoms with E-state index in [1.807, 2.05) is 0 Å². The normalized spacial score (nSPS) is 11.8. The zero-order valence-corrected chi connectivity index (χ0v) is 16.8. The highest BCUT2D eigenvalue weighted by molar-refractivity contribution is 8.28. The number of hydrogen-bond acceptors (Lipinski definition) is 0. The molecule has 4 aromatic rings. The topological polar surface area (TPSA) is 0 Å². The standard InChI is InChI=1S/C25H27B2P2/c26-28(22-13-5-1-6-14-22,23-15-7-2-8-16-23)21-29(27,24-17-9-3-10-18-24)25-19-11-4-12-20-25/h1-21H,26-27H3/q-1. The molecular formula is C25H27B2P2-. The van der Waals surface area contributed by atoms with Crippen molar-refractivity contribution >= 4 is 55.8 Å². The Morgan fingerprint density at radius 2 is 0.828 bits per heavy atom. The van der Waals surface area contributed by atoms with Gasteiger partial charge in [-0.15, -0.1) is 0 Å². The van der Waals surface area contributed by atoms with Gasteiger partial charge in [-0.05, 0) is 37.4 Å². The summed E-state index contributed by atoms with van der Waals surface area (Å²) in [6, 6.07) is 45.6. The molecule has 0 bridgehead atoms. The van der Waals surface area contributed by atoms with Crippen LogP contribution in [0.5, 0.6) is 0 Å². The van der Waals surface area contributed by atoms with Crippen LogP contribution < -0.4 is 21.2 Å². The van der Waals surface area contributed by atoms with Gasteiger partial charge in [-0.3, -0.25) is 0 Å². The molecule has 4 aromatic carbocycles. The van der Waals surface area contributed by atoms with E-state index < -0.39 is 13.9 Å². The zero-order valence-electron chi connectivity index (χ0n) is 15.0. The van der Waals surface area contributed by atoms with E-state index in [2.05, 4.69) is 127 Å². The second-order valence-corrected chi connectivity index (χ2v) is 10.7. The lowest BCUT2D eigenvalue weighted by atomic mass is 10.4. The summed E-state index contributed by atoms with van der Waals surface area (Å²) in [6.45, 7) is -1.39. The molecule has 0 N–H and O–H groups in total. The van der Waals surface area contributed by atoms with Gasteiger partial charge in [0.05, 0.1) is 10.6 Å². The van der Waals surface area contributed by atoms with Crippen molar-refractivity contribution in [1.29, 1.82) is 0 Å². The monoisotopic (exact) mass is 411 g/mol. The Hall–Kier alpha value is -2.26. The van der Waals surface area contributed by atoms with Crippen molar-refractivity contribution in [3.63, 3.8) is 0 Å². The lowest BCUT2D eigenvalue weighted by Crippen LogP contribution is -2.27. The molecule has 0 nitrogen and oxygen atoms in total. The van der Waals surface area contributed by atoms with E-state index in [0.29, 0.717) is 0 Å². The molecule has 0 saturated heterocycles. The van der Waals surface area contributed by atoms with Crippen molar-refractivity contribution in [2.45, 2.75) is 0 Å². The van der Waals surface area contributed by atoms with Gasteiger partial charge in [0, 0.05) is 0 Å². The van der Waals surface area contributed by atoms with Crippen LogP contribution in [0, 0.1) is 0 Å². The molecule has 0 aliphatic heterocycles. The highest BCUT2D eigenvalue weighted by Crippen LogP contribution is 2.56. The molecule has 0 aromatic heterocycles. The van der Waals surface area contributed by atoms with Gasteiger partial charge in [0.1, 0.15) is 7.57 Å². The Morgan fingerprint density at radius 1 is 0.517 bits per heavy atom. The van der Waals surface area contributed by atoms with E-state index in [1.54, 1.807) is 21.2 Å². The van der Waals surface area contributed by atoms with Gasteiger partial charge >= 0.3 is 0 Å². The van der Waals surface area contributed by atoms with Crippen molar-refractivity contribution in [2.24, 2.45) is 0 Å². The van der Waals surface area contributed by atoms with Gasteiger partial charge in [-0.1, -0.05) is 115 Å². The Morgan fingerprint density at radius 3 is 1.17 bits per heavy atom. The Balaban J connectivity index is 2.05. The van der Waals surface area contributed by atoms with Gasteiger partial charge in [0.25, 0.3) is 0 Å². The van der Waals surface area contributed by atoms with Crippen molar-refractivity contribution < 1.29 is 0 Å². The molecule has 4 rings (SSSR count). The molecule has 0 heterocycles. The number of rotatable bonds is 5. The predicted octanol–water partition coefficient (Wildman–Crippen LogP) is 2.64. The van der Waals surface area contributed by atoms with E-state index in [9.17, 15) is 0 Å². The van der Waals surface area contributed by atoms with Gasteiger partial charge in [0.2, 0.25) is 0 Å². The molecule has 0 fully saturated rings. The Labute approximate surface area is 177 Å². The first-order chi connectivity index (χ1) is 14.1. The first kappa shape index (κ1) is 20.0. The molecule has 0 aliphatic carbocycles. The Kier molecular flexibility index (Phi) is 5.96. The third-order valence-electron chi connectivity index (χ3n) is 4.37. The molecule has 0 atom stereocenters. The lowest BCUT2D eigenvalue weighted by Gasteiger charge is -2.35. The minimum absolute atomic E-state index is 0.0586. The largest absolute Gasteiger partial charge is 0.169 e.